The Bertz CT molecular complexity index is 309. The van der Waals surface area contributed by atoms with Crippen LogP contribution in [0.1, 0.15) is 6.42 Å². The van der Waals surface area contributed by atoms with Gasteiger partial charge in [-0.05, 0) is 0 Å². The normalized spacial score (nSPS) is 19.2. The van der Waals surface area contributed by atoms with Gasteiger partial charge in [0, 0.05) is 19.5 Å². The number of carbonyl (C=O) groups is 1. The van der Waals surface area contributed by atoms with E-state index in [9.17, 15) is 13.2 Å². The van der Waals surface area contributed by atoms with Crippen LogP contribution in [0.2, 0.25) is 0 Å². The summed E-state index contributed by atoms with van der Waals surface area (Å²) in [6.45, 7) is 0.716. The lowest BCUT2D eigenvalue weighted by molar-refractivity contribution is -0.120. The molecule has 1 aliphatic rings. The predicted octanol–water partition coefficient (Wildman–Crippen LogP) is -2.23. The van der Waals surface area contributed by atoms with Gasteiger partial charge in [0.2, 0.25) is 5.91 Å². The Balaban J connectivity index is 2.14. The fourth-order valence-corrected chi connectivity index (χ4v) is 1.79. The summed E-state index contributed by atoms with van der Waals surface area (Å²) < 4.78 is 27.7. The number of nitrogens with zero attached hydrogens (tertiary/aromatic N) is 1. The summed E-state index contributed by atoms with van der Waals surface area (Å²) in [7, 11) is -3.58. The molecule has 8 heteroatoms. The van der Waals surface area contributed by atoms with Crippen LogP contribution in [0.4, 0.5) is 0 Å². The molecule has 0 saturated carbocycles. The quantitative estimate of drug-likeness (QED) is 0.548. The molecule has 0 aromatic heterocycles. The van der Waals surface area contributed by atoms with Crippen molar-refractivity contribution in [1.29, 1.82) is 0 Å². The molecular weight excluding hydrogens is 210 g/mol. The number of ether oxygens (including phenoxy) is 1. The lowest BCUT2D eigenvalue weighted by Gasteiger charge is -2.36. The van der Waals surface area contributed by atoms with Crippen molar-refractivity contribution in [3.63, 3.8) is 0 Å². The van der Waals surface area contributed by atoms with E-state index in [1.165, 1.54) is 0 Å². The average molecular weight is 223 g/mol. The van der Waals surface area contributed by atoms with Gasteiger partial charge in [-0.2, -0.15) is 12.7 Å². The van der Waals surface area contributed by atoms with Crippen LogP contribution in [0.15, 0.2) is 0 Å². The van der Waals surface area contributed by atoms with Crippen molar-refractivity contribution in [2.45, 2.75) is 12.5 Å². The summed E-state index contributed by atoms with van der Waals surface area (Å²) in [5.74, 6) is -0.437. The maximum absolute atomic E-state index is 10.7. The van der Waals surface area contributed by atoms with Crippen molar-refractivity contribution in [1.82, 2.24) is 4.31 Å². The van der Waals surface area contributed by atoms with Crippen LogP contribution in [-0.2, 0) is 19.7 Å². The van der Waals surface area contributed by atoms with E-state index in [-0.39, 0.29) is 32.2 Å². The van der Waals surface area contributed by atoms with Gasteiger partial charge < -0.3 is 10.5 Å². The molecule has 0 radical (unpaired) electrons. The van der Waals surface area contributed by atoms with E-state index in [4.69, 9.17) is 15.6 Å². The summed E-state index contributed by atoms with van der Waals surface area (Å²) in [6.07, 6.45) is -0.0287. The largest absolute Gasteiger partial charge is 0.375 e. The predicted molar refractivity (Wildman–Crippen MR) is 48.2 cm³/mol. The zero-order chi connectivity index (χ0) is 10.8. The molecule has 0 aromatic rings. The van der Waals surface area contributed by atoms with Gasteiger partial charge in [-0.3, -0.25) is 4.79 Å². The van der Waals surface area contributed by atoms with Crippen LogP contribution >= 0.6 is 0 Å². The van der Waals surface area contributed by atoms with Crippen LogP contribution in [0.25, 0.3) is 0 Å². The van der Waals surface area contributed by atoms with E-state index in [0.29, 0.717) is 0 Å². The molecule has 0 aliphatic carbocycles. The average Bonchev–Trinajstić information content (AvgIpc) is 1.90. The topological polar surface area (TPSA) is 116 Å². The highest BCUT2D eigenvalue weighted by atomic mass is 32.2. The number of hydrogen-bond donors (Lipinski definition) is 2. The molecule has 0 atom stereocenters. The lowest BCUT2D eigenvalue weighted by Crippen LogP contribution is -2.56. The van der Waals surface area contributed by atoms with Crippen LogP contribution in [0.3, 0.4) is 0 Å². The minimum absolute atomic E-state index is 0.145. The van der Waals surface area contributed by atoms with Crippen molar-refractivity contribution in [2.75, 3.05) is 19.7 Å². The fourth-order valence-electron chi connectivity index (χ4n) is 1.04. The maximum Gasteiger partial charge on any atom is 0.277 e. The highest BCUT2D eigenvalue weighted by Gasteiger charge is 2.34. The first-order valence-electron chi connectivity index (χ1n) is 4.07. The van der Waals surface area contributed by atoms with Crippen LogP contribution < -0.4 is 10.9 Å². The zero-order valence-electron chi connectivity index (χ0n) is 7.55. The van der Waals surface area contributed by atoms with E-state index < -0.39 is 16.1 Å². The van der Waals surface area contributed by atoms with Gasteiger partial charge in [0.25, 0.3) is 10.2 Å². The van der Waals surface area contributed by atoms with Crippen LogP contribution in [0, 0.1) is 0 Å². The molecule has 0 bridgehead atoms. The van der Waals surface area contributed by atoms with E-state index in [0.717, 1.165) is 4.31 Å². The third kappa shape index (κ3) is 3.22. The lowest BCUT2D eigenvalue weighted by atomic mass is 10.2. The number of carbonyl (C=O) groups excluding carboxylic acids is 1. The van der Waals surface area contributed by atoms with Gasteiger partial charge in [-0.1, -0.05) is 0 Å². The number of amides is 1. The van der Waals surface area contributed by atoms with E-state index in [2.05, 4.69) is 0 Å². The molecule has 1 saturated heterocycles. The minimum atomic E-state index is -3.58. The van der Waals surface area contributed by atoms with Gasteiger partial charge in [0.15, 0.2) is 0 Å². The summed E-state index contributed by atoms with van der Waals surface area (Å²) in [5, 5.41) is 4.85. The summed E-state index contributed by atoms with van der Waals surface area (Å²) in [6, 6.07) is 0. The molecule has 1 fully saturated rings. The van der Waals surface area contributed by atoms with Crippen molar-refractivity contribution in [3.05, 3.63) is 0 Å². The zero-order valence-corrected chi connectivity index (χ0v) is 8.37. The summed E-state index contributed by atoms with van der Waals surface area (Å²) >= 11 is 0. The van der Waals surface area contributed by atoms with Crippen molar-refractivity contribution < 1.29 is 17.9 Å². The third-order valence-electron chi connectivity index (χ3n) is 1.88. The Morgan fingerprint density at radius 3 is 2.50 bits per heavy atom. The second-order valence-electron chi connectivity index (χ2n) is 3.07. The van der Waals surface area contributed by atoms with Crippen molar-refractivity contribution in [2.24, 2.45) is 10.9 Å². The van der Waals surface area contributed by atoms with E-state index in [1.54, 1.807) is 0 Å². The molecule has 0 unspecified atom stereocenters. The molecule has 1 aliphatic heterocycles. The molecule has 1 rings (SSSR count). The Morgan fingerprint density at radius 2 is 2.07 bits per heavy atom. The monoisotopic (exact) mass is 223 g/mol. The Morgan fingerprint density at radius 1 is 1.50 bits per heavy atom. The van der Waals surface area contributed by atoms with E-state index >= 15 is 0 Å². The molecule has 0 spiro atoms. The molecule has 1 heterocycles. The highest BCUT2D eigenvalue weighted by Crippen LogP contribution is 2.13. The minimum Gasteiger partial charge on any atom is -0.375 e. The first-order chi connectivity index (χ1) is 6.39. The Kier molecular flexibility index (Phi) is 3.43. The Hall–Kier alpha value is -0.700. The Labute approximate surface area is 82.2 Å². The highest BCUT2D eigenvalue weighted by molar-refractivity contribution is 7.86. The first-order valence-corrected chi connectivity index (χ1v) is 5.57. The van der Waals surface area contributed by atoms with Gasteiger partial charge in [-0.15, -0.1) is 0 Å². The SMILES string of the molecule is NC(=O)CCOC1CN(S(N)(=O)=O)C1. The van der Waals surface area contributed by atoms with E-state index in [1.807, 2.05) is 0 Å². The third-order valence-corrected chi connectivity index (χ3v) is 2.89. The van der Waals surface area contributed by atoms with Crippen molar-refractivity contribution in [3.8, 4) is 0 Å². The number of rotatable bonds is 5. The molecule has 14 heavy (non-hydrogen) atoms. The molecular formula is C6H13N3O4S. The molecule has 4 N–H and O–H groups in total. The summed E-state index contributed by atoms with van der Waals surface area (Å²) in [5.41, 5.74) is 4.89. The fraction of sp³-hybridized carbons (Fsp3) is 0.833. The number of hydrogen-bond acceptors (Lipinski definition) is 4. The first kappa shape index (κ1) is 11.4. The van der Waals surface area contributed by atoms with Crippen LogP contribution in [0.5, 0.6) is 0 Å². The molecule has 0 aromatic carbocycles. The molecule has 82 valence electrons. The van der Waals surface area contributed by atoms with Gasteiger partial charge in [-0.25, -0.2) is 5.14 Å². The van der Waals surface area contributed by atoms with Gasteiger partial charge >= 0.3 is 0 Å². The molecule has 7 nitrogen and oxygen atoms in total. The smallest absolute Gasteiger partial charge is 0.277 e. The van der Waals surface area contributed by atoms with Crippen molar-refractivity contribution >= 4 is 16.1 Å². The van der Waals surface area contributed by atoms with Gasteiger partial charge in [0.1, 0.15) is 0 Å². The number of nitrogens with two attached hydrogens (primary N) is 2. The summed E-state index contributed by atoms with van der Waals surface area (Å²) in [4.78, 5) is 10.3. The molecule has 1 amide bonds. The van der Waals surface area contributed by atoms with Crippen LogP contribution in [-0.4, -0.2) is 44.4 Å². The number of primary amides is 1. The second-order valence-corrected chi connectivity index (χ2v) is 4.62. The standard InChI is InChI=1S/C6H13N3O4S/c7-6(10)1-2-13-5-3-9(4-5)14(8,11)12/h5H,1-4H2,(H2,7,10)(H2,8,11,12). The maximum atomic E-state index is 10.7. The van der Waals surface area contributed by atoms with Gasteiger partial charge in [0.05, 0.1) is 12.7 Å². The second kappa shape index (κ2) is 4.22.